The van der Waals surface area contributed by atoms with E-state index in [1.54, 1.807) is 6.21 Å². The second-order valence-electron chi connectivity index (χ2n) is 4.66. The zero-order chi connectivity index (χ0) is 13.6. The number of nitrogens with two attached hydrogens (primary N) is 1. The fourth-order valence-electron chi connectivity index (χ4n) is 2.28. The molecule has 0 spiro atoms. The molecule has 0 amide bonds. The van der Waals surface area contributed by atoms with Crippen LogP contribution in [0.4, 0.5) is 0 Å². The Morgan fingerprint density at radius 3 is 2.74 bits per heavy atom. The highest BCUT2D eigenvalue weighted by Gasteiger charge is 2.34. The molecule has 2 rings (SSSR count). The Morgan fingerprint density at radius 1 is 1.37 bits per heavy atom. The fraction of sp³-hybridized carbons (Fsp3) is 0.357. The Kier molecular flexibility index (Phi) is 4.26. The summed E-state index contributed by atoms with van der Waals surface area (Å²) in [5, 5.41) is 20.1. The predicted molar refractivity (Wildman–Crippen MR) is 75.6 cm³/mol. The predicted octanol–water partition coefficient (Wildman–Crippen LogP) is 1.59. The summed E-state index contributed by atoms with van der Waals surface area (Å²) in [7, 11) is 0. The second kappa shape index (κ2) is 6.12. The second-order valence-corrected chi connectivity index (χ2v) is 4.66. The highest BCUT2D eigenvalue weighted by Crippen LogP contribution is 2.32. The van der Waals surface area contributed by atoms with Gasteiger partial charge in [-0.2, -0.15) is 10.4 Å². The summed E-state index contributed by atoms with van der Waals surface area (Å²) >= 11 is 0. The van der Waals surface area contributed by atoms with Gasteiger partial charge in [-0.3, -0.25) is 0 Å². The molecular formula is C14H17N5. The molecule has 0 radical (unpaired) electrons. The van der Waals surface area contributed by atoms with E-state index in [2.05, 4.69) is 33.7 Å². The van der Waals surface area contributed by atoms with E-state index in [4.69, 9.17) is 5.73 Å². The molecular weight excluding hydrogens is 238 g/mol. The summed E-state index contributed by atoms with van der Waals surface area (Å²) < 4.78 is 0. The van der Waals surface area contributed by atoms with Gasteiger partial charge in [0, 0.05) is 18.8 Å². The molecule has 5 heteroatoms. The lowest BCUT2D eigenvalue weighted by Crippen LogP contribution is -2.42. The Labute approximate surface area is 112 Å². The number of rotatable bonds is 3. The van der Waals surface area contributed by atoms with Gasteiger partial charge in [0.25, 0.3) is 0 Å². The Balaban J connectivity index is 2.03. The first-order valence-corrected chi connectivity index (χ1v) is 6.27. The van der Waals surface area contributed by atoms with Crippen molar-refractivity contribution in [1.29, 1.82) is 5.26 Å². The smallest absolute Gasteiger partial charge is 0.108 e. The van der Waals surface area contributed by atoms with Crippen molar-refractivity contribution in [2.24, 2.45) is 21.4 Å². The molecule has 2 atom stereocenters. The Morgan fingerprint density at radius 2 is 2.16 bits per heavy atom. The molecule has 19 heavy (non-hydrogen) atoms. The van der Waals surface area contributed by atoms with Crippen molar-refractivity contribution < 1.29 is 0 Å². The lowest BCUT2D eigenvalue weighted by atomic mass is 9.80. The largest absolute Gasteiger partial charge is 0.388 e. The lowest BCUT2D eigenvalue weighted by molar-refractivity contribution is 0.319. The van der Waals surface area contributed by atoms with Crippen LogP contribution >= 0.6 is 0 Å². The number of benzene rings is 1. The van der Waals surface area contributed by atoms with Gasteiger partial charge in [-0.25, -0.2) is 0 Å². The summed E-state index contributed by atoms with van der Waals surface area (Å²) in [6.45, 7) is 0.576. The van der Waals surface area contributed by atoms with Crippen molar-refractivity contribution in [3.63, 3.8) is 0 Å². The minimum Gasteiger partial charge on any atom is -0.388 e. The van der Waals surface area contributed by atoms with Crippen LogP contribution in [0.15, 0.2) is 40.5 Å². The molecule has 2 unspecified atom stereocenters. The number of hydrogen-bond acceptors (Lipinski definition) is 4. The van der Waals surface area contributed by atoms with Gasteiger partial charge in [0.1, 0.15) is 11.8 Å². The summed E-state index contributed by atoms with van der Waals surface area (Å²) in [5.41, 5.74) is 5.79. The van der Waals surface area contributed by atoms with Crippen molar-refractivity contribution >= 4 is 12.6 Å². The van der Waals surface area contributed by atoms with Crippen LogP contribution in [0.1, 0.15) is 24.4 Å². The quantitative estimate of drug-likeness (QED) is 0.488. The molecule has 1 aromatic carbocycles. The first-order chi connectivity index (χ1) is 9.29. The number of hydrogen-bond donors (Lipinski definition) is 2. The minimum absolute atomic E-state index is 0.300. The van der Waals surface area contributed by atoms with Gasteiger partial charge in [0.15, 0.2) is 0 Å². The standard InChI is InChI=1S/C14H17N5/c15-8-14(10-18-19-11-16)7-6-13(17-9-14)12-4-2-1-3-5-12/h1-5,10-11,13,17H,6-7,9H2,(H2,16,19)/b18-10+. The van der Waals surface area contributed by atoms with Gasteiger partial charge < -0.3 is 11.1 Å². The van der Waals surface area contributed by atoms with E-state index < -0.39 is 5.41 Å². The van der Waals surface area contributed by atoms with Gasteiger partial charge in [-0.05, 0) is 18.4 Å². The number of nitrogens with zero attached hydrogens (tertiary/aromatic N) is 3. The maximum atomic E-state index is 9.33. The van der Waals surface area contributed by atoms with Crippen molar-refractivity contribution in [3.05, 3.63) is 35.9 Å². The van der Waals surface area contributed by atoms with Crippen LogP contribution in [0.25, 0.3) is 0 Å². The molecule has 1 fully saturated rings. The van der Waals surface area contributed by atoms with E-state index in [9.17, 15) is 5.26 Å². The Hall–Kier alpha value is -2.19. The van der Waals surface area contributed by atoms with Gasteiger partial charge in [-0.15, -0.1) is 5.10 Å². The van der Waals surface area contributed by atoms with Crippen LogP contribution in [-0.2, 0) is 0 Å². The van der Waals surface area contributed by atoms with Crippen LogP contribution in [0, 0.1) is 16.7 Å². The van der Waals surface area contributed by atoms with Crippen LogP contribution < -0.4 is 11.1 Å². The highest BCUT2D eigenvalue weighted by molar-refractivity contribution is 5.71. The van der Waals surface area contributed by atoms with Crippen LogP contribution in [0.3, 0.4) is 0 Å². The van der Waals surface area contributed by atoms with Crippen molar-refractivity contribution in [1.82, 2.24) is 5.32 Å². The molecule has 98 valence electrons. The van der Waals surface area contributed by atoms with Crippen molar-refractivity contribution in [3.8, 4) is 6.07 Å². The highest BCUT2D eigenvalue weighted by atomic mass is 15.2. The monoisotopic (exact) mass is 255 g/mol. The molecule has 1 saturated heterocycles. The molecule has 0 saturated carbocycles. The lowest BCUT2D eigenvalue weighted by Gasteiger charge is -2.33. The fourth-order valence-corrected chi connectivity index (χ4v) is 2.28. The van der Waals surface area contributed by atoms with Crippen molar-refractivity contribution in [2.45, 2.75) is 18.9 Å². The van der Waals surface area contributed by atoms with E-state index in [1.165, 1.54) is 5.56 Å². The molecule has 3 N–H and O–H groups in total. The van der Waals surface area contributed by atoms with E-state index >= 15 is 0 Å². The molecule has 0 bridgehead atoms. The Bertz CT molecular complexity index is 492. The third-order valence-corrected chi connectivity index (χ3v) is 3.41. The molecule has 1 heterocycles. The van der Waals surface area contributed by atoms with Gasteiger partial charge in [-0.1, -0.05) is 30.3 Å². The molecule has 1 aliphatic rings. The maximum Gasteiger partial charge on any atom is 0.108 e. The summed E-state index contributed by atoms with van der Waals surface area (Å²) in [6, 6.07) is 12.9. The normalized spacial score (nSPS) is 27.6. The number of piperidine rings is 1. The van der Waals surface area contributed by atoms with Crippen molar-refractivity contribution in [2.75, 3.05) is 6.54 Å². The van der Waals surface area contributed by atoms with Crippen LogP contribution in [0.5, 0.6) is 0 Å². The van der Waals surface area contributed by atoms with Gasteiger partial charge >= 0.3 is 0 Å². The van der Waals surface area contributed by atoms with Gasteiger partial charge in [0.2, 0.25) is 0 Å². The summed E-state index contributed by atoms with van der Waals surface area (Å²) in [6.07, 6.45) is 4.37. The van der Waals surface area contributed by atoms with E-state index in [-0.39, 0.29) is 0 Å². The third kappa shape index (κ3) is 3.18. The number of nitrogens with one attached hydrogen (secondary N) is 1. The van der Waals surface area contributed by atoms with E-state index in [1.807, 2.05) is 18.2 Å². The van der Waals surface area contributed by atoms with E-state index in [0.29, 0.717) is 12.6 Å². The zero-order valence-corrected chi connectivity index (χ0v) is 10.7. The summed E-state index contributed by atoms with van der Waals surface area (Å²) in [4.78, 5) is 0. The first kappa shape index (κ1) is 13.2. The van der Waals surface area contributed by atoms with Crippen LogP contribution in [0.2, 0.25) is 0 Å². The molecule has 0 aliphatic carbocycles. The summed E-state index contributed by atoms with van der Waals surface area (Å²) in [5.74, 6) is 0. The molecule has 1 aliphatic heterocycles. The SMILES string of the molecule is N#CC1(/C=N/N=C\N)CCC(c2ccccc2)NC1. The average Bonchev–Trinajstić information content (AvgIpc) is 2.49. The minimum atomic E-state index is -0.586. The number of nitriles is 1. The average molecular weight is 255 g/mol. The molecule has 1 aromatic rings. The van der Waals surface area contributed by atoms with Gasteiger partial charge in [0.05, 0.1) is 6.07 Å². The topological polar surface area (TPSA) is 86.6 Å². The maximum absolute atomic E-state index is 9.33. The molecule has 5 nitrogen and oxygen atoms in total. The molecule has 0 aromatic heterocycles. The third-order valence-electron chi connectivity index (χ3n) is 3.41. The van der Waals surface area contributed by atoms with E-state index in [0.717, 1.165) is 19.2 Å². The van der Waals surface area contributed by atoms with Crippen LogP contribution in [-0.4, -0.2) is 19.1 Å². The zero-order valence-electron chi connectivity index (χ0n) is 10.7. The first-order valence-electron chi connectivity index (χ1n) is 6.27.